The first-order valence-corrected chi connectivity index (χ1v) is 8.59. The van der Waals surface area contributed by atoms with Crippen LogP contribution in [0.4, 0.5) is 0 Å². The highest BCUT2D eigenvalue weighted by Gasteiger charge is 2.18. The van der Waals surface area contributed by atoms with Crippen LogP contribution in [0.2, 0.25) is 5.02 Å². The molecule has 2 heterocycles. The fraction of sp³-hybridized carbons (Fsp3) is 0.176. The van der Waals surface area contributed by atoms with Gasteiger partial charge in [-0.1, -0.05) is 24.6 Å². The number of hydrogen-bond donors (Lipinski definition) is 1. The Balaban J connectivity index is 2.38. The van der Waals surface area contributed by atoms with E-state index in [0.717, 1.165) is 22.6 Å². The highest BCUT2D eigenvalue weighted by atomic mass is 127. The zero-order chi connectivity index (χ0) is 16.7. The lowest BCUT2D eigenvalue weighted by atomic mass is 10.1. The van der Waals surface area contributed by atoms with Crippen LogP contribution in [0.15, 0.2) is 30.3 Å². The molecule has 0 fully saturated rings. The average molecular weight is 441 g/mol. The van der Waals surface area contributed by atoms with E-state index < -0.39 is 0 Å². The summed E-state index contributed by atoms with van der Waals surface area (Å²) in [6.07, 6.45) is 0.684. The Morgan fingerprint density at radius 3 is 2.74 bits per heavy atom. The van der Waals surface area contributed by atoms with Crippen molar-refractivity contribution in [1.29, 1.82) is 0 Å². The molecule has 0 bridgehead atoms. The van der Waals surface area contributed by atoms with Crippen molar-refractivity contribution in [2.24, 2.45) is 0 Å². The molecule has 1 aromatic carbocycles. The van der Waals surface area contributed by atoms with E-state index in [1.807, 2.05) is 58.2 Å². The first-order valence-electron chi connectivity index (χ1n) is 7.13. The summed E-state index contributed by atoms with van der Waals surface area (Å²) in [7, 11) is 0. The lowest BCUT2D eigenvalue weighted by Gasteiger charge is -2.10. The van der Waals surface area contributed by atoms with Crippen LogP contribution in [-0.4, -0.2) is 20.3 Å². The van der Waals surface area contributed by atoms with Crippen LogP contribution in [0.25, 0.3) is 16.9 Å². The topological polar surface area (TPSA) is 54.6 Å². The van der Waals surface area contributed by atoms with Crippen LogP contribution >= 0.6 is 34.2 Å². The number of hydrogen-bond acceptors (Lipinski definition) is 3. The van der Waals surface area contributed by atoms with E-state index in [1.54, 1.807) is 13.0 Å². The highest BCUT2D eigenvalue weighted by molar-refractivity contribution is 14.1. The number of imidazole rings is 1. The van der Waals surface area contributed by atoms with Crippen LogP contribution < -0.4 is 0 Å². The van der Waals surface area contributed by atoms with Gasteiger partial charge in [0.25, 0.3) is 0 Å². The van der Waals surface area contributed by atoms with E-state index >= 15 is 0 Å². The molecule has 2 aromatic heterocycles. The average Bonchev–Trinajstić information content (AvgIpc) is 2.90. The van der Waals surface area contributed by atoms with Gasteiger partial charge in [0.1, 0.15) is 17.1 Å². The van der Waals surface area contributed by atoms with Crippen molar-refractivity contribution in [3.63, 3.8) is 0 Å². The van der Waals surface area contributed by atoms with Crippen molar-refractivity contribution >= 4 is 45.6 Å². The van der Waals surface area contributed by atoms with Gasteiger partial charge in [-0.15, -0.1) is 0 Å². The van der Waals surface area contributed by atoms with Crippen molar-refractivity contribution in [1.82, 2.24) is 9.38 Å². The van der Waals surface area contributed by atoms with Gasteiger partial charge in [0.05, 0.1) is 20.0 Å². The zero-order valence-electron chi connectivity index (χ0n) is 12.6. The number of aromatic nitrogens is 2. The second-order valence-corrected chi connectivity index (χ2v) is 6.78. The van der Waals surface area contributed by atoms with E-state index in [4.69, 9.17) is 11.6 Å². The quantitative estimate of drug-likeness (QED) is 0.473. The predicted molar refractivity (Wildman–Crippen MR) is 99.4 cm³/mol. The molecule has 118 valence electrons. The molecule has 1 N–H and O–H groups in total. The summed E-state index contributed by atoms with van der Waals surface area (Å²) >= 11 is 8.14. The molecule has 0 aliphatic rings. The Morgan fingerprint density at radius 1 is 1.39 bits per heavy atom. The Bertz CT molecular complexity index is 911. The molecule has 0 radical (unpaired) electrons. The summed E-state index contributed by atoms with van der Waals surface area (Å²) in [4.78, 5) is 16.7. The Labute approximate surface area is 152 Å². The van der Waals surface area contributed by atoms with E-state index in [9.17, 15) is 9.90 Å². The summed E-state index contributed by atoms with van der Waals surface area (Å²) in [5, 5.41) is 10.1. The number of aryl methyl sites for hydroxylation is 1. The van der Waals surface area contributed by atoms with Crippen molar-refractivity contribution in [3.8, 4) is 17.0 Å². The molecular weight excluding hydrogens is 427 g/mol. The molecule has 0 saturated heterocycles. The molecule has 0 unspecified atom stereocenters. The van der Waals surface area contributed by atoms with Crippen molar-refractivity contribution in [2.45, 2.75) is 20.3 Å². The van der Waals surface area contributed by atoms with Crippen molar-refractivity contribution in [2.75, 3.05) is 0 Å². The van der Waals surface area contributed by atoms with Gasteiger partial charge in [-0.05, 0) is 53.3 Å². The molecule has 0 saturated carbocycles. The van der Waals surface area contributed by atoms with E-state index in [1.165, 1.54) is 0 Å². The molecule has 3 rings (SSSR count). The van der Waals surface area contributed by atoms with Crippen LogP contribution in [0.1, 0.15) is 30.0 Å². The number of nitrogens with zero attached hydrogens (tertiary/aromatic N) is 2. The molecule has 0 amide bonds. The number of aromatic hydroxyl groups is 1. The second-order valence-electron chi connectivity index (χ2n) is 5.21. The van der Waals surface area contributed by atoms with Crippen LogP contribution in [-0.2, 0) is 6.42 Å². The number of carbonyl (C=O) groups is 1. The lowest BCUT2D eigenvalue weighted by molar-refractivity contribution is 0.101. The fourth-order valence-electron chi connectivity index (χ4n) is 2.69. The Hall–Kier alpha value is -1.60. The second kappa shape index (κ2) is 6.13. The monoisotopic (exact) mass is 440 g/mol. The van der Waals surface area contributed by atoms with Gasteiger partial charge in [-0.2, -0.15) is 0 Å². The number of benzene rings is 1. The van der Waals surface area contributed by atoms with Crippen LogP contribution in [0, 0.1) is 3.57 Å². The predicted octanol–water partition coefficient (Wildman–Crippen LogP) is 4.73. The zero-order valence-corrected chi connectivity index (χ0v) is 15.5. The Morgan fingerprint density at radius 2 is 2.13 bits per heavy atom. The molecule has 4 nitrogen and oxygen atoms in total. The molecular formula is C17H14ClIN2O2. The summed E-state index contributed by atoms with van der Waals surface area (Å²) in [6, 6.07) is 9.23. The van der Waals surface area contributed by atoms with Gasteiger partial charge in [-0.25, -0.2) is 4.98 Å². The molecule has 0 spiro atoms. The Kier molecular flexibility index (Phi) is 4.33. The number of halogens is 2. The number of fused-ring (bicyclic) bond motifs is 1. The first kappa shape index (κ1) is 16.3. The van der Waals surface area contributed by atoms with E-state index in [0.29, 0.717) is 15.7 Å². The number of carbonyl (C=O) groups excluding carboxylic acids is 1. The molecule has 0 aliphatic heterocycles. The number of rotatable bonds is 3. The van der Waals surface area contributed by atoms with Crippen LogP contribution in [0.5, 0.6) is 5.75 Å². The van der Waals surface area contributed by atoms with Crippen LogP contribution in [0.3, 0.4) is 0 Å². The maximum Gasteiger partial charge on any atom is 0.178 e. The number of Topliss-reactive ketones (excluding diaryl/α,β-unsaturated/α-hetero) is 1. The van der Waals surface area contributed by atoms with Gasteiger partial charge < -0.3 is 5.11 Å². The van der Waals surface area contributed by atoms with Gasteiger partial charge in [0.15, 0.2) is 5.78 Å². The number of phenols is 1. The lowest BCUT2D eigenvalue weighted by Crippen LogP contribution is -2.04. The number of pyridine rings is 1. The minimum Gasteiger partial charge on any atom is -0.505 e. The summed E-state index contributed by atoms with van der Waals surface area (Å²) in [5.41, 5.74) is 3.75. The van der Waals surface area contributed by atoms with Gasteiger partial charge in [0, 0.05) is 12.5 Å². The third-order valence-corrected chi connectivity index (χ3v) is 4.81. The largest absolute Gasteiger partial charge is 0.505 e. The molecule has 23 heavy (non-hydrogen) atoms. The van der Waals surface area contributed by atoms with E-state index in [-0.39, 0.29) is 16.6 Å². The molecule has 0 aliphatic carbocycles. The van der Waals surface area contributed by atoms with E-state index in [2.05, 4.69) is 4.98 Å². The third-order valence-electron chi connectivity index (χ3n) is 3.70. The molecule has 0 atom stereocenters. The van der Waals surface area contributed by atoms with Gasteiger partial charge in [0.2, 0.25) is 0 Å². The summed E-state index contributed by atoms with van der Waals surface area (Å²) in [5.74, 6) is 0.0382. The minimum atomic E-state index is -0.0265. The first-order chi connectivity index (χ1) is 10.9. The third kappa shape index (κ3) is 2.72. The minimum absolute atomic E-state index is 0.0265. The standard InChI is InChI=1S/C17H14ClIN2O2/c1-3-13-16(9(2)22)21-14(5-4-6-15(21)20-13)10-7-11(18)17(23)12(19)8-10/h4-8,23H,3H2,1-2H3. The van der Waals surface area contributed by atoms with Gasteiger partial charge in [-0.3, -0.25) is 9.20 Å². The summed E-state index contributed by atoms with van der Waals surface area (Å²) in [6.45, 7) is 3.53. The maximum atomic E-state index is 12.1. The van der Waals surface area contributed by atoms with Crippen molar-refractivity contribution < 1.29 is 9.90 Å². The normalized spacial score (nSPS) is 11.1. The number of phenolic OH excluding ortho intramolecular Hbond substituents is 1. The maximum absolute atomic E-state index is 12.1. The summed E-state index contributed by atoms with van der Waals surface area (Å²) < 4.78 is 2.52. The smallest absolute Gasteiger partial charge is 0.178 e. The number of ketones is 1. The highest BCUT2D eigenvalue weighted by Crippen LogP contribution is 2.35. The van der Waals surface area contributed by atoms with Gasteiger partial charge >= 0.3 is 0 Å². The molecule has 3 aromatic rings. The SMILES string of the molecule is CCc1nc2cccc(-c3cc(Cl)c(O)c(I)c3)n2c1C(C)=O. The molecule has 6 heteroatoms. The fourth-order valence-corrected chi connectivity index (χ4v) is 3.69. The van der Waals surface area contributed by atoms with Crippen molar-refractivity contribution in [3.05, 3.63) is 50.3 Å².